The zero-order valence-electron chi connectivity index (χ0n) is 10.5. The van der Waals surface area contributed by atoms with E-state index in [4.69, 9.17) is 10.5 Å². The van der Waals surface area contributed by atoms with Crippen molar-refractivity contribution in [1.29, 1.82) is 0 Å². The van der Waals surface area contributed by atoms with Gasteiger partial charge < -0.3 is 15.4 Å². The van der Waals surface area contributed by atoms with Crippen molar-refractivity contribution in [2.75, 3.05) is 30.9 Å². The summed E-state index contributed by atoms with van der Waals surface area (Å²) in [5, 5.41) is 1.10. The van der Waals surface area contributed by atoms with Crippen LogP contribution in [-0.2, 0) is 4.74 Å². The molecule has 2 N–H and O–H groups in total. The van der Waals surface area contributed by atoms with Crippen molar-refractivity contribution in [2.24, 2.45) is 0 Å². The van der Waals surface area contributed by atoms with Crippen molar-refractivity contribution in [3.05, 3.63) is 30.5 Å². The number of rotatable bonds is 2. The lowest BCUT2D eigenvalue weighted by molar-refractivity contribution is 0.193. The fraction of sp³-hybridized carbons (Fsp3) is 0.357. The van der Waals surface area contributed by atoms with Crippen molar-refractivity contribution in [2.45, 2.75) is 12.5 Å². The van der Waals surface area contributed by atoms with Gasteiger partial charge in [0.25, 0.3) is 0 Å². The van der Waals surface area contributed by atoms with Crippen molar-refractivity contribution < 1.29 is 4.74 Å². The van der Waals surface area contributed by atoms with Crippen LogP contribution in [0.5, 0.6) is 0 Å². The number of hydrogen-bond acceptors (Lipinski definition) is 4. The molecule has 4 nitrogen and oxygen atoms in total. The lowest BCUT2D eigenvalue weighted by Gasteiger charge is -2.27. The molecule has 1 aromatic heterocycles. The Morgan fingerprint density at radius 3 is 3.00 bits per heavy atom. The molecule has 1 aliphatic heterocycles. The molecule has 0 amide bonds. The van der Waals surface area contributed by atoms with Gasteiger partial charge in [-0.25, -0.2) is 0 Å². The number of aromatic nitrogens is 1. The summed E-state index contributed by atoms with van der Waals surface area (Å²) in [7, 11) is 2.08. The van der Waals surface area contributed by atoms with Crippen molar-refractivity contribution in [1.82, 2.24) is 4.98 Å². The van der Waals surface area contributed by atoms with Crippen LogP contribution in [-0.4, -0.2) is 31.3 Å². The number of fused-ring (bicyclic) bond motifs is 1. The van der Waals surface area contributed by atoms with Crippen LogP contribution in [0.4, 0.5) is 11.4 Å². The third kappa shape index (κ3) is 1.78. The molecule has 0 spiro atoms. The van der Waals surface area contributed by atoms with Gasteiger partial charge in [0.05, 0.1) is 35.7 Å². The van der Waals surface area contributed by atoms with Crippen LogP contribution in [0.1, 0.15) is 6.42 Å². The number of nitrogens with two attached hydrogens (primary N) is 1. The average Bonchev–Trinajstić information content (AvgIpc) is 2.92. The first-order valence-electron chi connectivity index (χ1n) is 6.21. The summed E-state index contributed by atoms with van der Waals surface area (Å²) in [6.45, 7) is 1.60. The van der Waals surface area contributed by atoms with Gasteiger partial charge in [0.1, 0.15) is 0 Å². The van der Waals surface area contributed by atoms with Crippen molar-refractivity contribution >= 4 is 22.3 Å². The Hall–Kier alpha value is -1.81. The number of nitrogens with zero attached hydrogens (tertiary/aromatic N) is 2. The second-order valence-corrected chi connectivity index (χ2v) is 4.71. The third-order valence-corrected chi connectivity index (χ3v) is 3.58. The topological polar surface area (TPSA) is 51.4 Å². The van der Waals surface area contributed by atoms with Gasteiger partial charge in [-0.15, -0.1) is 0 Å². The first-order chi connectivity index (χ1) is 8.77. The molecule has 2 aromatic rings. The second kappa shape index (κ2) is 4.46. The van der Waals surface area contributed by atoms with Crippen LogP contribution < -0.4 is 10.6 Å². The summed E-state index contributed by atoms with van der Waals surface area (Å²) in [6.07, 6.45) is 2.79. The first-order valence-corrected chi connectivity index (χ1v) is 6.21. The Kier molecular flexibility index (Phi) is 2.80. The van der Waals surface area contributed by atoms with Gasteiger partial charge in [0, 0.05) is 19.0 Å². The van der Waals surface area contributed by atoms with Crippen molar-refractivity contribution in [3.63, 3.8) is 0 Å². The smallest absolute Gasteiger partial charge is 0.0745 e. The summed E-state index contributed by atoms with van der Waals surface area (Å²) in [4.78, 5) is 6.60. The Bertz CT molecular complexity index is 564. The lowest BCUT2D eigenvalue weighted by Crippen LogP contribution is -2.32. The number of benzene rings is 1. The molecule has 1 aliphatic rings. The van der Waals surface area contributed by atoms with Crippen LogP contribution in [0.3, 0.4) is 0 Å². The number of nitrogen functional groups attached to an aromatic ring is 1. The standard InChI is InChI=1S/C14H17N3O/c1-17(10-6-7-18-9-10)14-11-4-2-3-5-13(11)16-8-12(14)15/h2-5,8,10H,6-7,9,15H2,1H3. The van der Waals surface area contributed by atoms with Gasteiger partial charge in [0.15, 0.2) is 0 Å². The monoisotopic (exact) mass is 243 g/mol. The summed E-state index contributed by atoms with van der Waals surface area (Å²) in [5.41, 5.74) is 8.88. The largest absolute Gasteiger partial charge is 0.396 e. The van der Waals surface area contributed by atoms with E-state index in [1.165, 1.54) is 0 Å². The molecule has 4 heteroatoms. The number of ether oxygens (including phenoxy) is 1. The van der Waals surface area contributed by atoms with Gasteiger partial charge in [-0.1, -0.05) is 18.2 Å². The number of pyridine rings is 1. The molecule has 0 aliphatic carbocycles. The van der Waals surface area contributed by atoms with Crippen molar-refractivity contribution in [3.8, 4) is 0 Å². The highest BCUT2D eigenvalue weighted by molar-refractivity contribution is 5.97. The molecule has 1 fully saturated rings. The fourth-order valence-electron chi connectivity index (χ4n) is 2.55. The molecule has 3 rings (SSSR count). The SMILES string of the molecule is CN(c1c(N)cnc2ccccc12)C1CCOC1. The van der Waals surface area contributed by atoms with Gasteiger partial charge in [0.2, 0.25) is 0 Å². The Labute approximate surface area is 106 Å². The molecule has 1 saturated heterocycles. The van der Waals surface area contributed by atoms with Crippen LogP contribution >= 0.6 is 0 Å². The van der Waals surface area contributed by atoms with Crippen LogP contribution in [0.25, 0.3) is 10.9 Å². The minimum Gasteiger partial charge on any atom is -0.396 e. The maximum Gasteiger partial charge on any atom is 0.0745 e. The van der Waals surface area contributed by atoms with E-state index in [0.29, 0.717) is 6.04 Å². The number of likely N-dealkylation sites (N-methyl/N-ethyl adjacent to an activating group) is 1. The molecule has 2 heterocycles. The van der Waals surface area contributed by atoms with E-state index in [2.05, 4.69) is 23.0 Å². The third-order valence-electron chi connectivity index (χ3n) is 3.58. The molecule has 1 aromatic carbocycles. The van der Waals surface area contributed by atoms with Crippen LogP contribution in [0, 0.1) is 0 Å². The Morgan fingerprint density at radius 1 is 1.39 bits per heavy atom. The van der Waals surface area contributed by atoms with E-state index in [-0.39, 0.29) is 0 Å². The fourth-order valence-corrected chi connectivity index (χ4v) is 2.55. The maximum atomic E-state index is 6.11. The second-order valence-electron chi connectivity index (χ2n) is 4.71. The van der Waals surface area contributed by atoms with Crippen LogP contribution in [0.15, 0.2) is 30.5 Å². The molecule has 0 radical (unpaired) electrons. The highest BCUT2D eigenvalue weighted by Crippen LogP contribution is 2.32. The van der Waals surface area contributed by atoms with E-state index in [1.807, 2.05) is 18.2 Å². The lowest BCUT2D eigenvalue weighted by atomic mass is 10.1. The number of anilines is 2. The minimum atomic E-state index is 0.401. The first kappa shape index (κ1) is 11.3. The highest BCUT2D eigenvalue weighted by atomic mass is 16.5. The number of para-hydroxylation sites is 1. The number of hydrogen-bond donors (Lipinski definition) is 1. The molecule has 18 heavy (non-hydrogen) atoms. The summed E-state index contributed by atoms with van der Waals surface area (Å²) in [5.74, 6) is 0. The molecular weight excluding hydrogens is 226 g/mol. The average molecular weight is 243 g/mol. The summed E-state index contributed by atoms with van der Waals surface area (Å²) in [6, 6.07) is 8.50. The zero-order valence-corrected chi connectivity index (χ0v) is 10.5. The van der Waals surface area contributed by atoms with Gasteiger partial charge in [-0.05, 0) is 12.5 Å². The van der Waals surface area contributed by atoms with Gasteiger partial charge in [-0.2, -0.15) is 0 Å². The molecule has 0 bridgehead atoms. The molecule has 0 saturated carbocycles. The quantitative estimate of drug-likeness (QED) is 0.877. The normalized spacial score (nSPS) is 19.3. The van der Waals surface area contributed by atoms with E-state index in [1.54, 1.807) is 6.20 Å². The van der Waals surface area contributed by atoms with E-state index in [9.17, 15) is 0 Å². The predicted molar refractivity (Wildman–Crippen MR) is 73.8 cm³/mol. The summed E-state index contributed by atoms with van der Waals surface area (Å²) >= 11 is 0. The Balaban J connectivity index is 2.11. The zero-order chi connectivity index (χ0) is 12.5. The van der Waals surface area contributed by atoms with Gasteiger partial charge in [-0.3, -0.25) is 4.98 Å². The van der Waals surface area contributed by atoms with Gasteiger partial charge >= 0.3 is 0 Å². The highest BCUT2D eigenvalue weighted by Gasteiger charge is 2.23. The molecule has 1 atom stereocenters. The molecule has 1 unspecified atom stereocenters. The van der Waals surface area contributed by atoms with E-state index >= 15 is 0 Å². The summed E-state index contributed by atoms with van der Waals surface area (Å²) < 4.78 is 5.45. The maximum absolute atomic E-state index is 6.11. The van der Waals surface area contributed by atoms with E-state index < -0.39 is 0 Å². The molecule has 94 valence electrons. The van der Waals surface area contributed by atoms with Crippen LogP contribution in [0.2, 0.25) is 0 Å². The van der Waals surface area contributed by atoms with E-state index in [0.717, 1.165) is 41.9 Å². The molecular formula is C14H17N3O. The Morgan fingerprint density at radius 2 is 2.22 bits per heavy atom. The minimum absolute atomic E-state index is 0.401. The predicted octanol–water partition coefficient (Wildman–Crippen LogP) is 2.04.